The molecule has 1 atom stereocenters. The molecular formula is C22H23N3O. The highest BCUT2D eigenvalue weighted by atomic mass is 16.2. The lowest BCUT2D eigenvalue weighted by Gasteiger charge is -2.18. The van der Waals surface area contributed by atoms with Crippen molar-refractivity contribution in [2.75, 3.05) is 13.1 Å². The van der Waals surface area contributed by atoms with Crippen molar-refractivity contribution in [3.63, 3.8) is 0 Å². The molecule has 1 aromatic carbocycles. The number of nitrogens with zero attached hydrogens (tertiary/aromatic N) is 3. The fourth-order valence-corrected chi connectivity index (χ4v) is 3.82. The molecule has 2 aromatic heterocycles. The molecule has 1 unspecified atom stereocenters. The maximum atomic E-state index is 13.2. The maximum Gasteiger partial charge on any atom is 0.254 e. The molecule has 1 fully saturated rings. The van der Waals surface area contributed by atoms with E-state index in [0.717, 1.165) is 59.3 Å². The van der Waals surface area contributed by atoms with Crippen molar-refractivity contribution >= 4 is 16.8 Å². The normalized spacial score (nSPS) is 17.0. The van der Waals surface area contributed by atoms with Gasteiger partial charge in [-0.1, -0.05) is 18.2 Å². The lowest BCUT2D eigenvalue weighted by molar-refractivity contribution is 0.0789. The van der Waals surface area contributed by atoms with Gasteiger partial charge in [-0.25, -0.2) is 0 Å². The Balaban J connectivity index is 1.56. The van der Waals surface area contributed by atoms with E-state index in [1.807, 2.05) is 61.3 Å². The Kier molecular flexibility index (Phi) is 4.41. The molecule has 26 heavy (non-hydrogen) atoms. The van der Waals surface area contributed by atoms with Gasteiger partial charge in [0.1, 0.15) is 0 Å². The summed E-state index contributed by atoms with van der Waals surface area (Å²) in [4.78, 5) is 24.2. The summed E-state index contributed by atoms with van der Waals surface area (Å²) in [5.41, 5.74) is 4.82. The van der Waals surface area contributed by atoms with Crippen molar-refractivity contribution in [2.24, 2.45) is 5.92 Å². The van der Waals surface area contributed by atoms with Crippen molar-refractivity contribution in [2.45, 2.75) is 26.7 Å². The van der Waals surface area contributed by atoms with Crippen molar-refractivity contribution in [3.8, 4) is 0 Å². The molecule has 1 saturated heterocycles. The van der Waals surface area contributed by atoms with Crippen LogP contribution in [-0.4, -0.2) is 33.9 Å². The second-order valence-corrected chi connectivity index (χ2v) is 7.26. The van der Waals surface area contributed by atoms with Crippen molar-refractivity contribution < 1.29 is 4.79 Å². The molecule has 3 heterocycles. The average molecular weight is 345 g/mol. The van der Waals surface area contributed by atoms with Crippen LogP contribution in [0.4, 0.5) is 0 Å². The topological polar surface area (TPSA) is 46.1 Å². The number of benzene rings is 1. The van der Waals surface area contributed by atoms with Crippen molar-refractivity contribution in [1.29, 1.82) is 0 Å². The van der Waals surface area contributed by atoms with E-state index in [0.29, 0.717) is 5.92 Å². The summed E-state index contributed by atoms with van der Waals surface area (Å²) < 4.78 is 0. The van der Waals surface area contributed by atoms with Gasteiger partial charge in [-0.05, 0) is 62.4 Å². The Morgan fingerprint density at radius 2 is 2.08 bits per heavy atom. The summed E-state index contributed by atoms with van der Waals surface area (Å²) in [6.07, 6.45) is 3.80. The SMILES string of the molecule is Cc1ccc2c(C(=O)N3CCC(Cc4ccccn4)C3)cc(C)nc2c1. The summed E-state index contributed by atoms with van der Waals surface area (Å²) in [7, 11) is 0. The van der Waals surface area contributed by atoms with Crippen LogP contribution in [0.1, 0.15) is 33.7 Å². The number of rotatable bonds is 3. The smallest absolute Gasteiger partial charge is 0.254 e. The van der Waals surface area contributed by atoms with E-state index >= 15 is 0 Å². The van der Waals surface area contributed by atoms with Gasteiger partial charge in [-0.2, -0.15) is 0 Å². The number of carbonyl (C=O) groups excluding carboxylic acids is 1. The van der Waals surface area contributed by atoms with E-state index in [1.165, 1.54) is 0 Å². The fraction of sp³-hybridized carbons (Fsp3) is 0.318. The molecule has 132 valence electrons. The summed E-state index contributed by atoms with van der Waals surface area (Å²) in [5.74, 6) is 0.596. The molecule has 1 aliphatic heterocycles. The van der Waals surface area contributed by atoms with Gasteiger partial charge in [0.2, 0.25) is 0 Å². The molecule has 4 heteroatoms. The van der Waals surface area contributed by atoms with Crippen LogP contribution in [0.2, 0.25) is 0 Å². The third kappa shape index (κ3) is 3.32. The van der Waals surface area contributed by atoms with Gasteiger partial charge in [0.25, 0.3) is 5.91 Å². The number of hydrogen-bond donors (Lipinski definition) is 0. The zero-order valence-corrected chi connectivity index (χ0v) is 15.3. The Morgan fingerprint density at radius 1 is 1.19 bits per heavy atom. The minimum absolute atomic E-state index is 0.118. The zero-order valence-electron chi connectivity index (χ0n) is 15.3. The number of aromatic nitrogens is 2. The van der Waals surface area contributed by atoms with Gasteiger partial charge in [0.15, 0.2) is 0 Å². The maximum absolute atomic E-state index is 13.2. The van der Waals surface area contributed by atoms with E-state index in [1.54, 1.807) is 0 Å². The van der Waals surface area contributed by atoms with Gasteiger partial charge in [0.05, 0.1) is 11.1 Å². The number of amides is 1. The average Bonchev–Trinajstić information content (AvgIpc) is 3.09. The molecule has 4 nitrogen and oxygen atoms in total. The molecule has 0 N–H and O–H groups in total. The van der Waals surface area contributed by atoms with Gasteiger partial charge in [-0.15, -0.1) is 0 Å². The predicted octanol–water partition coefficient (Wildman–Crippen LogP) is 3.95. The molecule has 0 radical (unpaired) electrons. The molecule has 3 aromatic rings. The molecular weight excluding hydrogens is 322 g/mol. The minimum atomic E-state index is 0.118. The van der Waals surface area contributed by atoms with Gasteiger partial charge in [0, 0.05) is 36.1 Å². The fourth-order valence-electron chi connectivity index (χ4n) is 3.82. The third-order valence-corrected chi connectivity index (χ3v) is 5.12. The van der Waals surface area contributed by atoms with Crippen LogP contribution >= 0.6 is 0 Å². The first-order chi connectivity index (χ1) is 12.6. The standard InChI is InChI=1S/C22H23N3O/c1-15-6-7-19-20(12-16(2)24-21(19)11-15)22(26)25-10-8-17(14-25)13-18-5-3-4-9-23-18/h3-7,9,11-12,17H,8,10,13-14H2,1-2H3. The number of aryl methyl sites for hydroxylation is 2. The van der Waals surface area contributed by atoms with E-state index < -0.39 is 0 Å². The first-order valence-corrected chi connectivity index (χ1v) is 9.17. The van der Waals surface area contributed by atoms with Crippen molar-refractivity contribution in [1.82, 2.24) is 14.9 Å². The van der Waals surface area contributed by atoms with E-state index in [-0.39, 0.29) is 5.91 Å². The molecule has 0 bridgehead atoms. The number of likely N-dealkylation sites (tertiary alicyclic amines) is 1. The van der Waals surface area contributed by atoms with Crippen LogP contribution < -0.4 is 0 Å². The van der Waals surface area contributed by atoms with Gasteiger partial charge >= 0.3 is 0 Å². The highest BCUT2D eigenvalue weighted by Crippen LogP contribution is 2.25. The van der Waals surface area contributed by atoms with Crippen LogP contribution in [0.15, 0.2) is 48.7 Å². The number of fused-ring (bicyclic) bond motifs is 1. The van der Waals surface area contributed by atoms with Crippen LogP contribution in [0, 0.1) is 19.8 Å². The molecule has 1 amide bonds. The summed E-state index contributed by atoms with van der Waals surface area (Å²) in [6, 6.07) is 14.1. The summed E-state index contributed by atoms with van der Waals surface area (Å²) in [6.45, 7) is 5.61. The minimum Gasteiger partial charge on any atom is -0.338 e. The first-order valence-electron chi connectivity index (χ1n) is 9.17. The monoisotopic (exact) mass is 345 g/mol. The first kappa shape index (κ1) is 16.7. The second-order valence-electron chi connectivity index (χ2n) is 7.26. The van der Waals surface area contributed by atoms with Crippen LogP contribution in [0.3, 0.4) is 0 Å². The number of hydrogen-bond acceptors (Lipinski definition) is 3. The van der Waals surface area contributed by atoms with Crippen molar-refractivity contribution in [3.05, 3.63) is 71.2 Å². The summed E-state index contributed by atoms with van der Waals surface area (Å²) in [5, 5.41) is 0.944. The largest absolute Gasteiger partial charge is 0.338 e. The Hall–Kier alpha value is -2.75. The van der Waals surface area contributed by atoms with Crippen LogP contribution in [0.5, 0.6) is 0 Å². The highest BCUT2D eigenvalue weighted by molar-refractivity contribution is 6.06. The van der Waals surface area contributed by atoms with E-state index in [4.69, 9.17) is 0 Å². The molecule has 0 aliphatic carbocycles. The van der Waals surface area contributed by atoms with Crippen LogP contribution in [0.25, 0.3) is 10.9 Å². The lowest BCUT2D eigenvalue weighted by Crippen LogP contribution is -2.29. The van der Waals surface area contributed by atoms with Gasteiger partial charge < -0.3 is 4.90 Å². The molecule has 1 aliphatic rings. The second kappa shape index (κ2) is 6.87. The Labute approximate surface area is 153 Å². The van der Waals surface area contributed by atoms with E-state index in [2.05, 4.69) is 16.0 Å². The van der Waals surface area contributed by atoms with E-state index in [9.17, 15) is 4.79 Å². The van der Waals surface area contributed by atoms with Crippen LogP contribution in [-0.2, 0) is 6.42 Å². The molecule has 0 spiro atoms. The summed E-state index contributed by atoms with van der Waals surface area (Å²) >= 11 is 0. The lowest BCUT2D eigenvalue weighted by atomic mass is 10.0. The third-order valence-electron chi connectivity index (χ3n) is 5.12. The molecule has 4 rings (SSSR count). The quantitative estimate of drug-likeness (QED) is 0.722. The highest BCUT2D eigenvalue weighted by Gasteiger charge is 2.28. The Bertz CT molecular complexity index is 947. The van der Waals surface area contributed by atoms with Gasteiger partial charge in [-0.3, -0.25) is 14.8 Å². The zero-order chi connectivity index (χ0) is 18.1. The Morgan fingerprint density at radius 3 is 2.88 bits per heavy atom. The molecule has 0 saturated carbocycles. The number of carbonyl (C=O) groups is 1. The number of pyridine rings is 2. The predicted molar refractivity (Wildman–Crippen MR) is 103 cm³/mol.